The second-order valence-electron chi connectivity index (χ2n) is 8.39. The lowest BCUT2D eigenvalue weighted by Gasteiger charge is -2.57. The highest BCUT2D eigenvalue weighted by Crippen LogP contribution is 2.65. The van der Waals surface area contributed by atoms with Crippen LogP contribution in [0.5, 0.6) is 0 Å². The monoisotopic (exact) mass is 295 g/mol. The Bertz CT molecular complexity index is 637. The molecule has 0 amide bonds. The van der Waals surface area contributed by atoms with Gasteiger partial charge in [-0.3, -0.25) is 4.79 Å². The van der Waals surface area contributed by atoms with Gasteiger partial charge in [-0.1, -0.05) is 25.5 Å². The lowest BCUT2D eigenvalue weighted by molar-refractivity contribution is -0.117. The maximum absolute atomic E-state index is 11.8. The Morgan fingerprint density at radius 3 is 2.73 bits per heavy atom. The van der Waals surface area contributed by atoms with Crippen molar-refractivity contribution in [3.05, 3.63) is 23.3 Å². The average molecular weight is 295 g/mol. The highest BCUT2D eigenvalue weighted by Gasteiger charge is 2.57. The summed E-state index contributed by atoms with van der Waals surface area (Å²) in [6.07, 6.45) is 11.7. The molecule has 5 atom stereocenters. The lowest BCUT2D eigenvalue weighted by Crippen LogP contribution is -2.50. The number of hydrogen-bond donors (Lipinski definition) is 0. The van der Waals surface area contributed by atoms with Crippen molar-refractivity contribution < 1.29 is 4.79 Å². The topological polar surface area (TPSA) is 40.9 Å². The van der Waals surface area contributed by atoms with Gasteiger partial charge in [-0.2, -0.15) is 5.26 Å². The maximum atomic E-state index is 11.8. The molecule has 0 heterocycles. The average Bonchev–Trinajstić information content (AvgIpc) is 2.84. The van der Waals surface area contributed by atoms with Gasteiger partial charge < -0.3 is 0 Å². The molecule has 0 N–H and O–H groups in total. The molecule has 0 spiro atoms. The van der Waals surface area contributed by atoms with Gasteiger partial charge in [0.25, 0.3) is 0 Å². The molecule has 2 fully saturated rings. The van der Waals surface area contributed by atoms with Gasteiger partial charge in [0.05, 0.1) is 6.07 Å². The van der Waals surface area contributed by atoms with E-state index in [1.807, 2.05) is 6.08 Å². The third-order valence-corrected chi connectivity index (χ3v) is 7.66. The Morgan fingerprint density at radius 2 is 1.95 bits per heavy atom. The van der Waals surface area contributed by atoms with Crippen LogP contribution in [0, 0.1) is 39.9 Å². The number of nitrogens with zero attached hydrogens (tertiary/aromatic N) is 1. The van der Waals surface area contributed by atoms with Crippen LogP contribution < -0.4 is 0 Å². The summed E-state index contributed by atoms with van der Waals surface area (Å²) in [5.41, 5.74) is 2.84. The second kappa shape index (κ2) is 4.57. The lowest BCUT2D eigenvalue weighted by atomic mass is 9.47. The van der Waals surface area contributed by atoms with Gasteiger partial charge in [-0.25, -0.2) is 0 Å². The summed E-state index contributed by atoms with van der Waals surface area (Å²) in [5.74, 6) is 2.43. The van der Waals surface area contributed by atoms with Gasteiger partial charge in [-0.15, -0.1) is 0 Å². The van der Waals surface area contributed by atoms with E-state index in [0.717, 1.165) is 43.6 Å². The van der Waals surface area contributed by atoms with Gasteiger partial charge in [0, 0.05) is 17.4 Å². The Balaban J connectivity index is 1.69. The molecule has 0 saturated heterocycles. The van der Waals surface area contributed by atoms with Crippen molar-refractivity contribution in [1.82, 2.24) is 0 Å². The molecular weight excluding hydrogens is 270 g/mol. The Morgan fingerprint density at radius 1 is 1.14 bits per heavy atom. The summed E-state index contributed by atoms with van der Waals surface area (Å²) < 4.78 is 0. The van der Waals surface area contributed by atoms with Crippen LogP contribution in [-0.4, -0.2) is 5.78 Å². The zero-order chi connectivity index (χ0) is 15.5. The van der Waals surface area contributed by atoms with Crippen LogP contribution in [0.3, 0.4) is 0 Å². The third kappa shape index (κ3) is 1.69. The number of carbonyl (C=O) groups is 1. The summed E-state index contributed by atoms with van der Waals surface area (Å²) in [7, 11) is 0. The minimum absolute atomic E-state index is 0.123. The normalized spacial score (nSPS) is 46.8. The minimum Gasteiger partial charge on any atom is -0.295 e. The largest absolute Gasteiger partial charge is 0.295 e. The predicted octanol–water partition coefficient (Wildman–Crippen LogP) is 4.58. The summed E-state index contributed by atoms with van der Waals surface area (Å²) >= 11 is 0. The van der Waals surface area contributed by atoms with Crippen LogP contribution in [0.1, 0.15) is 58.8 Å². The number of nitriles is 1. The van der Waals surface area contributed by atoms with E-state index in [4.69, 9.17) is 0 Å². The highest BCUT2D eigenvalue weighted by molar-refractivity contribution is 5.91. The van der Waals surface area contributed by atoms with E-state index >= 15 is 0 Å². The predicted molar refractivity (Wildman–Crippen MR) is 85.8 cm³/mol. The first kappa shape index (κ1) is 14.2. The van der Waals surface area contributed by atoms with E-state index < -0.39 is 0 Å². The first-order valence-electron chi connectivity index (χ1n) is 8.83. The molecule has 0 radical (unpaired) electrons. The summed E-state index contributed by atoms with van der Waals surface area (Å²) in [6, 6.07) is 2.48. The molecule has 4 rings (SSSR count). The first-order chi connectivity index (χ1) is 10.5. The molecule has 4 aliphatic rings. The van der Waals surface area contributed by atoms with E-state index in [9.17, 15) is 10.1 Å². The molecule has 0 aromatic carbocycles. The standard InChI is InChI=1S/C20H25NO/c1-19-9-7-15(22)11-13(19)3-5-16-17-6-4-14(12-21)20(17,2)10-8-18(16)19/h4,11,16-18H,3,5-10H2,1-2H3/t16-,17-,18-,19-,20+/m0/s1. The molecule has 2 nitrogen and oxygen atoms in total. The molecule has 2 saturated carbocycles. The van der Waals surface area contributed by atoms with Crippen LogP contribution in [0.25, 0.3) is 0 Å². The van der Waals surface area contributed by atoms with E-state index in [0.29, 0.717) is 17.6 Å². The van der Waals surface area contributed by atoms with E-state index in [1.54, 1.807) is 0 Å². The van der Waals surface area contributed by atoms with E-state index in [-0.39, 0.29) is 10.8 Å². The van der Waals surface area contributed by atoms with Crippen molar-refractivity contribution in [3.63, 3.8) is 0 Å². The van der Waals surface area contributed by atoms with E-state index in [1.165, 1.54) is 18.4 Å². The van der Waals surface area contributed by atoms with Gasteiger partial charge in [0.15, 0.2) is 5.78 Å². The molecule has 4 aliphatic carbocycles. The number of fused-ring (bicyclic) bond motifs is 5. The Kier molecular flexibility index (Phi) is 2.96. The summed E-state index contributed by atoms with van der Waals surface area (Å²) in [5, 5.41) is 9.47. The fourth-order valence-electron chi connectivity index (χ4n) is 6.30. The highest BCUT2D eigenvalue weighted by atomic mass is 16.1. The fraction of sp³-hybridized carbons (Fsp3) is 0.700. The Hall–Kier alpha value is -1.36. The van der Waals surface area contributed by atoms with Gasteiger partial charge in [-0.05, 0) is 67.8 Å². The molecule has 0 bridgehead atoms. The molecule has 116 valence electrons. The molecule has 22 heavy (non-hydrogen) atoms. The van der Waals surface area contributed by atoms with Crippen LogP contribution in [-0.2, 0) is 4.79 Å². The van der Waals surface area contributed by atoms with Crippen LogP contribution >= 0.6 is 0 Å². The molecule has 2 heteroatoms. The third-order valence-electron chi connectivity index (χ3n) is 7.66. The number of ketones is 1. The summed E-state index contributed by atoms with van der Waals surface area (Å²) in [6.45, 7) is 4.74. The van der Waals surface area contributed by atoms with Crippen LogP contribution in [0.4, 0.5) is 0 Å². The number of carbonyl (C=O) groups excluding carboxylic acids is 1. The zero-order valence-corrected chi connectivity index (χ0v) is 13.7. The number of hydrogen-bond acceptors (Lipinski definition) is 2. The number of rotatable bonds is 0. The van der Waals surface area contributed by atoms with Crippen molar-refractivity contribution in [2.24, 2.45) is 28.6 Å². The second-order valence-corrected chi connectivity index (χ2v) is 8.39. The van der Waals surface area contributed by atoms with E-state index in [2.05, 4.69) is 26.0 Å². The minimum atomic E-state index is 0.123. The zero-order valence-electron chi connectivity index (χ0n) is 13.7. The van der Waals surface area contributed by atoms with Gasteiger partial charge in [0.2, 0.25) is 0 Å². The summed E-state index contributed by atoms with van der Waals surface area (Å²) in [4.78, 5) is 11.8. The smallest absolute Gasteiger partial charge is 0.155 e. The van der Waals surface area contributed by atoms with Gasteiger partial charge >= 0.3 is 0 Å². The fourth-order valence-corrected chi connectivity index (χ4v) is 6.30. The number of allylic oxidation sites excluding steroid dienone is 4. The SMILES string of the molecule is C[C@]12CCC(=O)C=C1CC[C@@H]1[C@@H]2CC[C@]2(C)C(C#N)=CC[C@@H]12. The van der Waals surface area contributed by atoms with Gasteiger partial charge in [0.1, 0.15) is 0 Å². The van der Waals surface area contributed by atoms with Crippen molar-refractivity contribution in [1.29, 1.82) is 5.26 Å². The van der Waals surface area contributed by atoms with Crippen molar-refractivity contribution in [2.45, 2.75) is 58.8 Å². The van der Waals surface area contributed by atoms with Crippen molar-refractivity contribution >= 4 is 5.78 Å². The molecule has 0 aliphatic heterocycles. The molecule has 0 aromatic heterocycles. The van der Waals surface area contributed by atoms with Crippen molar-refractivity contribution in [2.75, 3.05) is 0 Å². The van der Waals surface area contributed by atoms with Crippen molar-refractivity contribution in [3.8, 4) is 6.07 Å². The molecular formula is C20H25NO. The van der Waals surface area contributed by atoms with Crippen LogP contribution in [0.15, 0.2) is 23.3 Å². The Labute approximate surface area is 133 Å². The quantitative estimate of drug-likeness (QED) is 0.656. The first-order valence-corrected chi connectivity index (χ1v) is 8.83. The maximum Gasteiger partial charge on any atom is 0.155 e. The van der Waals surface area contributed by atoms with Crippen LogP contribution in [0.2, 0.25) is 0 Å². The molecule has 0 aromatic rings. The molecule has 0 unspecified atom stereocenters.